The van der Waals surface area contributed by atoms with Crippen LogP contribution < -0.4 is 34.7 Å². The second-order valence-electron chi connectivity index (χ2n) is 4.66. The van der Waals surface area contributed by atoms with E-state index in [9.17, 15) is 15.0 Å². The Labute approximate surface area is 130 Å². The molecule has 0 radical (unpaired) electrons. The van der Waals surface area contributed by atoms with Gasteiger partial charge < -0.3 is 15.0 Å². The molecule has 1 aromatic carbocycles. The largest absolute Gasteiger partial charge is 1.00 e. The fourth-order valence-corrected chi connectivity index (χ4v) is 2.38. The van der Waals surface area contributed by atoms with Crippen LogP contribution in [0.5, 0.6) is 0 Å². The minimum Gasteiger partial charge on any atom is -0.550 e. The summed E-state index contributed by atoms with van der Waals surface area (Å²) in [6.07, 6.45) is 4.05. The topological polar surface area (TPSA) is 60.4 Å². The van der Waals surface area contributed by atoms with Gasteiger partial charge in [-0.1, -0.05) is 18.2 Å². The van der Waals surface area contributed by atoms with Crippen LogP contribution in [0.4, 0.5) is 0 Å². The maximum absolute atomic E-state index is 10.3. The van der Waals surface area contributed by atoms with Crippen LogP contribution in [0.25, 0.3) is 0 Å². The molecule has 4 heteroatoms. The van der Waals surface area contributed by atoms with Crippen molar-refractivity contribution in [2.24, 2.45) is 0 Å². The number of fused-ring (bicyclic) bond motifs is 1. The maximum Gasteiger partial charge on any atom is 1.00 e. The van der Waals surface area contributed by atoms with Gasteiger partial charge in [0.15, 0.2) is 0 Å². The van der Waals surface area contributed by atoms with E-state index in [1.54, 1.807) is 0 Å². The van der Waals surface area contributed by atoms with Crippen LogP contribution in [-0.2, 0) is 17.6 Å². The van der Waals surface area contributed by atoms with Gasteiger partial charge in [-0.05, 0) is 55.2 Å². The molecular weight excluding hydrogens is 239 g/mol. The van der Waals surface area contributed by atoms with Crippen LogP contribution >= 0.6 is 0 Å². The van der Waals surface area contributed by atoms with Gasteiger partial charge in [0.25, 0.3) is 0 Å². The summed E-state index contributed by atoms with van der Waals surface area (Å²) in [7, 11) is 0. The van der Waals surface area contributed by atoms with Crippen LogP contribution in [0.15, 0.2) is 18.2 Å². The molecule has 0 saturated carbocycles. The van der Waals surface area contributed by atoms with E-state index in [-0.39, 0.29) is 42.4 Å². The van der Waals surface area contributed by atoms with E-state index in [4.69, 9.17) is 0 Å². The Balaban J connectivity index is 0.00000162. The second kappa shape index (κ2) is 7.29. The van der Waals surface area contributed by atoms with E-state index in [1.807, 2.05) is 12.1 Å². The van der Waals surface area contributed by atoms with Crippen molar-refractivity contribution in [3.63, 3.8) is 0 Å². The van der Waals surface area contributed by atoms with Gasteiger partial charge in [0, 0.05) is 5.97 Å². The third-order valence-electron chi connectivity index (χ3n) is 3.38. The van der Waals surface area contributed by atoms with E-state index >= 15 is 0 Å². The van der Waals surface area contributed by atoms with E-state index < -0.39 is 12.1 Å². The predicted octanol–water partition coefficient (Wildman–Crippen LogP) is -1.87. The third kappa shape index (κ3) is 4.09. The summed E-state index contributed by atoms with van der Waals surface area (Å²) in [5.41, 5.74) is 3.50. The number of carbonyl (C=O) groups excluding carboxylic acids is 1. The molecule has 1 unspecified atom stereocenters. The van der Waals surface area contributed by atoms with Crippen molar-refractivity contribution < 1.29 is 44.6 Å². The molecule has 1 aromatic rings. The van der Waals surface area contributed by atoms with E-state index in [0.29, 0.717) is 0 Å². The van der Waals surface area contributed by atoms with Gasteiger partial charge in [0.05, 0.1) is 6.10 Å². The monoisotopic (exact) mass is 256 g/mol. The predicted molar refractivity (Wildman–Crippen MR) is 62.3 cm³/mol. The Kier molecular flexibility index (Phi) is 6.36. The smallest absolute Gasteiger partial charge is 0.550 e. The normalized spacial score (nSPS) is 15.4. The Bertz CT molecular complexity index is 418. The first kappa shape index (κ1) is 15.7. The molecule has 0 aliphatic heterocycles. The van der Waals surface area contributed by atoms with Gasteiger partial charge in [-0.2, -0.15) is 0 Å². The van der Waals surface area contributed by atoms with Gasteiger partial charge in [0.1, 0.15) is 0 Å². The molecule has 2 rings (SSSR count). The Hall–Kier alpha value is -0.350. The molecule has 3 nitrogen and oxygen atoms in total. The fraction of sp³-hybridized carbons (Fsp3) is 0.500. The van der Waals surface area contributed by atoms with E-state index in [1.165, 1.54) is 24.0 Å². The van der Waals surface area contributed by atoms with Crippen molar-refractivity contribution >= 4 is 5.97 Å². The zero-order valence-electron chi connectivity index (χ0n) is 10.8. The van der Waals surface area contributed by atoms with E-state index in [0.717, 1.165) is 18.4 Å². The summed E-state index contributed by atoms with van der Waals surface area (Å²) in [6.45, 7) is 0. The van der Waals surface area contributed by atoms with Crippen molar-refractivity contribution in [1.29, 1.82) is 0 Å². The summed E-state index contributed by atoms with van der Waals surface area (Å²) >= 11 is 0. The minimum atomic E-state index is -1.11. The van der Waals surface area contributed by atoms with E-state index in [2.05, 4.69) is 6.07 Å². The van der Waals surface area contributed by atoms with Crippen molar-refractivity contribution in [2.45, 2.75) is 44.6 Å². The standard InChI is InChI=1S/C14H18O3.Na/c15-13(7-8-14(16)17)12-6-5-10-3-1-2-4-11(10)9-12;/h5-6,9,13,15H,1-4,7-8H2,(H,16,17);/q;+1/p-1. The summed E-state index contributed by atoms with van der Waals surface area (Å²) in [5, 5.41) is 20.2. The van der Waals surface area contributed by atoms with Crippen LogP contribution in [0.3, 0.4) is 0 Å². The second-order valence-corrected chi connectivity index (χ2v) is 4.66. The van der Waals surface area contributed by atoms with Crippen LogP contribution in [0.2, 0.25) is 0 Å². The average molecular weight is 256 g/mol. The molecule has 0 amide bonds. The maximum atomic E-state index is 10.3. The Morgan fingerprint density at radius 1 is 1.28 bits per heavy atom. The fourth-order valence-electron chi connectivity index (χ4n) is 2.38. The molecule has 0 heterocycles. The van der Waals surface area contributed by atoms with Gasteiger partial charge in [-0.3, -0.25) is 0 Å². The van der Waals surface area contributed by atoms with Crippen molar-refractivity contribution in [3.05, 3.63) is 34.9 Å². The van der Waals surface area contributed by atoms with Gasteiger partial charge in [0.2, 0.25) is 0 Å². The Morgan fingerprint density at radius 3 is 2.61 bits per heavy atom. The zero-order chi connectivity index (χ0) is 12.3. The molecule has 1 N–H and O–H groups in total. The summed E-state index contributed by atoms with van der Waals surface area (Å²) in [6, 6.07) is 5.99. The molecule has 1 aliphatic rings. The number of rotatable bonds is 4. The number of hydrogen-bond donors (Lipinski definition) is 1. The van der Waals surface area contributed by atoms with Crippen LogP contribution in [-0.4, -0.2) is 11.1 Å². The minimum absolute atomic E-state index is 0. The average Bonchev–Trinajstić information content (AvgIpc) is 2.35. The molecule has 18 heavy (non-hydrogen) atoms. The SMILES string of the molecule is O=C([O-])CCC(O)c1ccc2c(c1)CCCC2.[Na+]. The van der Waals surface area contributed by atoms with Crippen LogP contribution in [0.1, 0.15) is 48.5 Å². The first-order valence-corrected chi connectivity index (χ1v) is 6.16. The first-order chi connectivity index (χ1) is 8.16. The number of carboxylic acids is 1. The molecule has 0 fully saturated rings. The number of aliphatic hydroxyl groups is 1. The number of carbonyl (C=O) groups is 1. The third-order valence-corrected chi connectivity index (χ3v) is 3.38. The van der Waals surface area contributed by atoms with Crippen molar-refractivity contribution in [1.82, 2.24) is 0 Å². The molecular formula is C14H17NaO3. The number of hydrogen-bond acceptors (Lipinski definition) is 3. The molecule has 0 spiro atoms. The molecule has 0 aromatic heterocycles. The van der Waals surface area contributed by atoms with Crippen molar-refractivity contribution in [2.75, 3.05) is 0 Å². The zero-order valence-corrected chi connectivity index (χ0v) is 12.8. The Morgan fingerprint density at radius 2 is 1.94 bits per heavy atom. The molecule has 0 bridgehead atoms. The summed E-state index contributed by atoms with van der Waals surface area (Å²) in [5.74, 6) is -1.11. The molecule has 92 valence electrons. The van der Waals surface area contributed by atoms with Crippen molar-refractivity contribution in [3.8, 4) is 0 Å². The van der Waals surface area contributed by atoms with Crippen LogP contribution in [0, 0.1) is 0 Å². The molecule has 0 saturated heterocycles. The molecule has 1 aliphatic carbocycles. The van der Waals surface area contributed by atoms with Gasteiger partial charge >= 0.3 is 29.6 Å². The summed E-state index contributed by atoms with van der Waals surface area (Å²) < 4.78 is 0. The number of aryl methyl sites for hydroxylation is 2. The number of aliphatic hydroxyl groups excluding tert-OH is 1. The van der Waals surface area contributed by atoms with Gasteiger partial charge in [-0.25, -0.2) is 0 Å². The number of benzene rings is 1. The number of aliphatic carboxylic acids is 1. The molecule has 1 atom stereocenters. The quantitative estimate of drug-likeness (QED) is 0.642. The summed E-state index contributed by atoms with van der Waals surface area (Å²) in [4.78, 5) is 10.3. The van der Waals surface area contributed by atoms with Gasteiger partial charge in [-0.15, -0.1) is 0 Å². The first-order valence-electron chi connectivity index (χ1n) is 6.16. The number of carboxylic acid groups (broad SMARTS) is 1.